The van der Waals surface area contributed by atoms with Crippen LogP contribution in [0.1, 0.15) is 12.8 Å². The first kappa shape index (κ1) is 28.5. The van der Waals surface area contributed by atoms with E-state index in [0.717, 1.165) is 45.2 Å². The van der Waals surface area contributed by atoms with Gasteiger partial charge in [-0.2, -0.15) is 0 Å². The number of aromatic nitrogens is 4. The molecule has 4 aromatic heterocycles. The fraction of sp³-hybridized carbons (Fsp3) is 0.212. The number of pyridine rings is 2. The van der Waals surface area contributed by atoms with Crippen LogP contribution in [0.4, 0.5) is 20.2 Å². The number of alkyl halides is 2. The number of anilines is 2. The minimum absolute atomic E-state index is 0.319. The second-order valence-corrected chi connectivity index (χ2v) is 11.0. The van der Waals surface area contributed by atoms with Crippen molar-refractivity contribution < 1.29 is 13.5 Å². The minimum atomic E-state index is -0.815. The highest BCUT2D eigenvalue weighted by molar-refractivity contribution is 7.98. The number of nitrogens with one attached hydrogen (secondary N) is 2. The third-order valence-electron chi connectivity index (χ3n) is 7.05. The molecular weight excluding hydrogens is 566 g/mol. The molecule has 0 aliphatic heterocycles. The lowest BCUT2D eigenvalue weighted by Crippen LogP contribution is -2.02. The lowest BCUT2D eigenvalue weighted by Gasteiger charge is -2.03. The van der Waals surface area contributed by atoms with Gasteiger partial charge in [0.2, 0.25) is 6.86 Å². The van der Waals surface area contributed by atoms with Gasteiger partial charge in [0.25, 0.3) is 0 Å². The maximum absolute atomic E-state index is 12.2. The van der Waals surface area contributed by atoms with Crippen LogP contribution in [0.2, 0.25) is 0 Å². The van der Waals surface area contributed by atoms with Crippen LogP contribution in [0.5, 0.6) is 5.75 Å². The van der Waals surface area contributed by atoms with Crippen LogP contribution in [-0.4, -0.2) is 51.1 Å². The Balaban J connectivity index is 0.000000153. The summed E-state index contributed by atoms with van der Waals surface area (Å²) >= 11 is 1.72. The molecule has 4 heterocycles. The number of rotatable bonds is 10. The summed E-state index contributed by atoms with van der Waals surface area (Å²) in [5.41, 5.74) is 7.64. The molecule has 1 aliphatic rings. The molecule has 1 aliphatic carbocycles. The Morgan fingerprint density at radius 1 is 0.814 bits per heavy atom. The molecule has 2 N–H and O–H groups in total. The smallest absolute Gasteiger partial charge is 0.228 e. The van der Waals surface area contributed by atoms with Crippen molar-refractivity contribution in [3.63, 3.8) is 0 Å². The first-order valence-electron chi connectivity index (χ1n) is 14.1. The molecule has 7 nitrogen and oxygen atoms in total. The van der Waals surface area contributed by atoms with Crippen molar-refractivity contribution in [3.8, 4) is 28.3 Å². The summed E-state index contributed by atoms with van der Waals surface area (Å²) in [4.78, 5) is 10.5. The van der Waals surface area contributed by atoms with Gasteiger partial charge in [-0.05, 0) is 67.6 Å². The van der Waals surface area contributed by atoms with Crippen LogP contribution < -0.4 is 15.4 Å². The van der Waals surface area contributed by atoms with Crippen molar-refractivity contribution in [3.05, 3.63) is 97.6 Å². The Bertz CT molecular complexity index is 1800. The van der Waals surface area contributed by atoms with E-state index in [4.69, 9.17) is 4.74 Å². The maximum Gasteiger partial charge on any atom is 0.228 e. The van der Waals surface area contributed by atoms with Crippen LogP contribution in [0.15, 0.2) is 102 Å². The molecule has 1 saturated carbocycles. The van der Waals surface area contributed by atoms with Crippen LogP contribution >= 0.6 is 11.8 Å². The molecule has 2 aromatic carbocycles. The summed E-state index contributed by atoms with van der Waals surface area (Å²) in [6.45, 7) is -0.878. The Morgan fingerprint density at radius 3 is 1.95 bits per heavy atom. The quantitative estimate of drug-likeness (QED) is 0.156. The molecule has 0 atom stereocenters. The van der Waals surface area contributed by atoms with Crippen molar-refractivity contribution in [2.24, 2.45) is 0 Å². The normalized spacial score (nSPS) is 12.6. The van der Waals surface area contributed by atoms with Crippen molar-refractivity contribution in [1.29, 1.82) is 0 Å². The second kappa shape index (κ2) is 13.2. The highest BCUT2D eigenvalue weighted by atomic mass is 32.2. The lowest BCUT2D eigenvalue weighted by atomic mass is 10.2. The predicted octanol–water partition coefficient (Wildman–Crippen LogP) is 7.99. The second-order valence-electron chi connectivity index (χ2n) is 10.2. The van der Waals surface area contributed by atoms with E-state index in [1.807, 2.05) is 57.9 Å². The molecular formula is C33H32F2N6OS. The predicted molar refractivity (Wildman–Crippen MR) is 171 cm³/mol. The summed E-state index contributed by atoms with van der Waals surface area (Å²) in [6.07, 6.45) is 12.5. The number of fused-ring (bicyclic) bond motifs is 2. The molecule has 6 aromatic rings. The highest BCUT2D eigenvalue weighted by Gasteiger charge is 2.20. The number of thioether (sulfide) groups is 1. The molecule has 43 heavy (non-hydrogen) atoms. The van der Waals surface area contributed by atoms with Crippen molar-refractivity contribution >= 4 is 34.4 Å². The summed E-state index contributed by atoms with van der Waals surface area (Å²) in [5, 5.41) is 6.49. The van der Waals surface area contributed by atoms with Gasteiger partial charge >= 0.3 is 0 Å². The third-order valence-corrected chi connectivity index (χ3v) is 7.79. The molecule has 0 saturated heterocycles. The Morgan fingerprint density at radius 2 is 1.40 bits per heavy atom. The zero-order valence-electron chi connectivity index (χ0n) is 23.7. The summed E-state index contributed by atoms with van der Waals surface area (Å²) in [7, 11) is 0. The molecule has 0 unspecified atom stereocenters. The number of hydrogen-bond acceptors (Lipinski definition) is 6. The van der Waals surface area contributed by atoms with Gasteiger partial charge in [-0.25, -0.2) is 18.7 Å². The SMILES string of the molecule is CSc1ccc(-c2cn3ccc(NCCF)cc3n2)cc1.FCOc1ccc(-c2cn3ccc(NC4CC4)cc3n2)cc1. The van der Waals surface area contributed by atoms with E-state index in [-0.39, 0.29) is 6.67 Å². The average molecular weight is 599 g/mol. The van der Waals surface area contributed by atoms with Gasteiger partial charge in [-0.15, -0.1) is 11.8 Å². The highest BCUT2D eigenvalue weighted by Crippen LogP contribution is 2.27. The minimum Gasteiger partial charge on any atom is -0.463 e. The van der Waals surface area contributed by atoms with Crippen molar-refractivity contribution in [2.45, 2.75) is 23.8 Å². The first-order valence-corrected chi connectivity index (χ1v) is 15.3. The van der Waals surface area contributed by atoms with Gasteiger partial charge < -0.3 is 24.2 Å². The fourth-order valence-corrected chi connectivity index (χ4v) is 5.05. The largest absolute Gasteiger partial charge is 0.463 e. The number of ether oxygens (including phenoxy) is 1. The summed E-state index contributed by atoms with van der Waals surface area (Å²) in [5.74, 6) is 0.519. The zero-order chi connectivity index (χ0) is 29.6. The molecule has 0 radical (unpaired) electrons. The maximum atomic E-state index is 12.2. The van der Waals surface area contributed by atoms with Gasteiger partial charge in [-0.1, -0.05) is 12.1 Å². The number of nitrogens with zero attached hydrogens (tertiary/aromatic N) is 4. The lowest BCUT2D eigenvalue weighted by molar-refractivity contribution is 0.192. The van der Waals surface area contributed by atoms with Gasteiger partial charge in [0, 0.05) is 76.9 Å². The molecule has 220 valence electrons. The van der Waals surface area contributed by atoms with E-state index in [1.165, 1.54) is 17.7 Å². The number of hydrogen-bond donors (Lipinski definition) is 2. The zero-order valence-corrected chi connectivity index (χ0v) is 24.5. The molecule has 7 rings (SSSR count). The van der Waals surface area contributed by atoms with E-state index in [2.05, 4.69) is 63.3 Å². The van der Waals surface area contributed by atoms with E-state index in [1.54, 1.807) is 23.9 Å². The Hall–Kier alpha value is -4.57. The molecule has 1 fully saturated rings. The van der Waals surface area contributed by atoms with Crippen LogP contribution in [-0.2, 0) is 0 Å². The molecule has 0 spiro atoms. The number of benzene rings is 2. The fourth-order valence-electron chi connectivity index (χ4n) is 4.64. The van der Waals surface area contributed by atoms with E-state index in [9.17, 15) is 8.78 Å². The van der Waals surface area contributed by atoms with E-state index >= 15 is 0 Å². The molecule has 10 heteroatoms. The Labute approximate surface area is 253 Å². The average Bonchev–Trinajstić information content (AvgIpc) is 3.59. The van der Waals surface area contributed by atoms with Crippen molar-refractivity contribution in [1.82, 2.24) is 18.8 Å². The third kappa shape index (κ3) is 7.09. The van der Waals surface area contributed by atoms with Crippen LogP contribution in [0.25, 0.3) is 33.8 Å². The first-order chi connectivity index (χ1) is 21.1. The van der Waals surface area contributed by atoms with Crippen LogP contribution in [0.3, 0.4) is 0 Å². The molecule has 0 amide bonds. The summed E-state index contributed by atoms with van der Waals surface area (Å²) in [6, 6.07) is 24.2. The van der Waals surface area contributed by atoms with Crippen molar-refractivity contribution in [2.75, 3.05) is 37.0 Å². The number of halogens is 2. The Kier molecular flexibility index (Phi) is 8.74. The monoisotopic (exact) mass is 598 g/mol. The molecule has 0 bridgehead atoms. The summed E-state index contributed by atoms with van der Waals surface area (Å²) < 4.78 is 33.1. The van der Waals surface area contributed by atoms with Gasteiger partial charge in [0.1, 0.15) is 23.7 Å². The van der Waals surface area contributed by atoms with Gasteiger partial charge in [-0.3, -0.25) is 0 Å². The standard InChI is InChI=1S/C17H16FN3O.C16H16FN3S/c18-11-22-15-5-1-12(2-6-15)16-10-21-8-7-14(9-17(21)20-16)19-13-3-4-13;1-21-14-4-2-12(3-5-14)15-11-20-9-6-13(18-8-7-17)10-16(20)19-15/h1-2,5-10,13,19H,3-4,11H2;2-6,9-11,18H,7-8H2,1H3. The topological polar surface area (TPSA) is 67.9 Å². The van der Waals surface area contributed by atoms with Gasteiger partial charge in [0.15, 0.2) is 0 Å². The van der Waals surface area contributed by atoms with E-state index < -0.39 is 6.86 Å². The van der Waals surface area contributed by atoms with E-state index in [0.29, 0.717) is 18.3 Å². The number of imidazole rings is 2. The van der Waals surface area contributed by atoms with Gasteiger partial charge in [0.05, 0.1) is 11.4 Å². The van der Waals surface area contributed by atoms with Crippen LogP contribution in [0, 0.1) is 0 Å².